The first-order valence-corrected chi connectivity index (χ1v) is 4.13. The molecule has 0 bridgehead atoms. The van der Waals surface area contributed by atoms with Gasteiger partial charge in [-0.05, 0) is 19.1 Å². The van der Waals surface area contributed by atoms with E-state index in [4.69, 9.17) is 0 Å². The zero-order valence-corrected chi connectivity index (χ0v) is 10.5. The summed E-state index contributed by atoms with van der Waals surface area (Å²) < 4.78 is 0. The quantitative estimate of drug-likeness (QED) is 0.481. The first kappa shape index (κ1) is 12.1. The number of aryl methyl sites for hydroxylation is 1. The van der Waals surface area contributed by atoms with Crippen LogP contribution in [-0.4, -0.2) is 15.9 Å². The topological polar surface area (TPSA) is 65.9 Å². The van der Waals surface area contributed by atoms with Crippen LogP contribution in [-0.2, 0) is 0 Å². The van der Waals surface area contributed by atoms with E-state index >= 15 is 0 Å². The van der Waals surface area contributed by atoms with E-state index in [1.54, 1.807) is 25.1 Å². The smallest absolute Gasteiger partial charge is 0.543 e. The van der Waals surface area contributed by atoms with Gasteiger partial charge in [0.05, 0.1) is 22.7 Å². The molecule has 2 rings (SSSR count). The molecule has 5 heteroatoms. The molecule has 0 aliphatic carbocycles. The van der Waals surface area contributed by atoms with Crippen molar-refractivity contribution in [1.29, 1.82) is 0 Å². The van der Waals surface area contributed by atoms with Crippen LogP contribution in [0.5, 0.6) is 0 Å². The van der Waals surface area contributed by atoms with Crippen LogP contribution in [0.25, 0.3) is 11.0 Å². The Hall–Kier alpha value is -0.970. The number of carboxylic acid groups (broad SMARTS) is 1. The molecule has 0 unspecified atom stereocenters. The molecule has 4 nitrogen and oxygen atoms in total. The number of para-hydroxylation sites is 2. The molecule has 0 amide bonds. The summed E-state index contributed by atoms with van der Waals surface area (Å²) >= 11 is 0. The van der Waals surface area contributed by atoms with E-state index in [0.717, 1.165) is 0 Å². The predicted octanol–water partition coefficient (Wildman–Crippen LogP) is -2.69. The molecule has 0 spiro atoms. The van der Waals surface area contributed by atoms with Gasteiger partial charge in [-0.2, -0.15) is 0 Å². The molecule has 70 valence electrons. The molecule has 0 saturated carbocycles. The van der Waals surface area contributed by atoms with E-state index in [2.05, 4.69) is 9.97 Å². The predicted molar refractivity (Wildman–Crippen MR) is 48.6 cm³/mol. The number of carbonyl (C=O) groups is 1. The van der Waals surface area contributed by atoms with Gasteiger partial charge < -0.3 is 9.90 Å². The van der Waals surface area contributed by atoms with Crippen LogP contribution in [0.15, 0.2) is 24.3 Å². The fourth-order valence-electron chi connectivity index (χ4n) is 1.28. The van der Waals surface area contributed by atoms with Crippen molar-refractivity contribution in [2.45, 2.75) is 6.92 Å². The zero-order chi connectivity index (χ0) is 10.1. The molecule has 1 heterocycles. The fraction of sp³-hybridized carbons (Fsp3) is 0.100. The number of hydrogen-bond donors (Lipinski definition) is 0. The third-order valence-electron chi connectivity index (χ3n) is 1.94. The molecular weight excluding hydrogens is 203 g/mol. The van der Waals surface area contributed by atoms with Gasteiger partial charge >= 0.3 is 29.6 Å². The Labute approximate surface area is 109 Å². The molecular formula is C10H7N2NaO2. The van der Waals surface area contributed by atoms with Crippen molar-refractivity contribution >= 4 is 17.0 Å². The number of carbonyl (C=O) groups excluding carboxylic acids is 1. The van der Waals surface area contributed by atoms with E-state index in [1.807, 2.05) is 6.07 Å². The summed E-state index contributed by atoms with van der Waals surface area (Å²) in [5, 5.41) is 10.7. The van der Waals surface area contributed by atoms with Gasteiger partial charge in [-0.15, -0.1) is 0 Å². The standard InChI is InChI=1S/C10H8N2O2.Na/c1-6-9(10(13)14)12-8-5-3-2-4-7(8)11-6;/h2-5H,1H3,(H,13,14);/q;+1/p-1. The second-order valence-corrected chi connectivity index (χ2v) is 2.93. The molecule has 0 fully saturated rings. The molecule has 0 aliphatic rings. The Balaban J connectivity index is 0.00000112. The van der Waals surface area contributed by atoms with Crippen LogP contribution in [0.4, 0.5) is 0 Å². The molecule has 15 heavy (non-hydrogen) atoms. The third kappa shape index (κ3) is 2.34. The largest absolute Gasteiger partial charge is 1.00 e. The third-order valence-corrected chi connectivity index (χ3v) is 1.94. The van der Waals surface area contributed by atoms with Gasteiger partial charge in [0.15, 0.2) is 0 Å². The average Bonchev–Trinajstić information content (AvgIpc) is 2.16. The van der Waals surface area contributed by atoms with Crippen molar-refractivity contribution in [3.8, 4) is 0 Å². The summed E-state index contributed by atoms with van der Waals surface area (Å²) in [5.41, 5.74) is 1.54. The second kappa shape index (κ2) is 4.70. The van der Waals surface area contributed by atoms with Crippen LogP contribution in [0.1, 0.15) is 16.2 Å². The molecule has 0 atom stereocenters. The Morgan fingerprint density at radius 3 is 2.27 bits per heavy atom. The van der Waals surface area contributed by atoms with E-state index in [-0.39, 0.29) is 35.3 Å². The van der Waals surface area contributed by atoms with Crippen LogP contribution in [0, 0.1) is 6.92 Å². The van der Waals surface area contributed by atoms with Gasteiger partial charge in [-0.1, -0.05) is 12.1 Å². The monoisotopic (exact) mass is 210 g/mol. The summed E-state index contributed by atoms with van der Waals surface area (Å²) in [6, 6.07) is 7.11. The first-order valence-electron chi connectivity index (χ1n) is 4.13. The number of fused-ring (bicyclic) bond motifs is 1. The Bertz CT molecular complexity index is 514. The van der Waals surface area contributed by atoms with E-state index < -0.39 is 5.97 Å². The number of rotatable bonds is 1. The first-order chi connectivity index (χ1) is 6.68. The number of aromatic carboxylic acids is 1. The Kier molecular flexibility index (Phi) is 3.79. The molecule has 0 radical (unpaired) electrons. The van der Waals surface area contributed by atoms with Crippen LogP contribution < -0.4 is 34.7 Å². The minimum Gasteiger partial charge on any atom is -0.543 e. The summed E-state index contributed by atoms with van der Waals surface area (Å²) in [6.45, 7) is 1.60. The van der Waals surface area contributed by atoms with Gasteiger partial charge in [0.2, 0.25) is 0 Å². The maximum atomic E-state index is 10.7. The number of carboxylic acids is 1. The van der Waals surface area contributed by atoms with Crippen molar-refractivity contribution in [1.82, 2.24) is 9.97 Å². The van der Waals surface area contributed by atoms with Crippen molar-refractivity contribution in [3.63, 3.8) is 0 Å². The maximum Gasteiger partial charge on any atom is 1.00 e. The minimum absolute atomic E-state index is 0. The normalized spacial score (nSPS) is 9.67. The van der Waals surface area contributed by atoms with Crippen molar-refractivity contribution in [3.05, 3.63) is 35.7 Å². The van der Waals surface area contributed by atoms with Crippen molar-refractivity contribution < 1.29 is 39.5 Å². The molecule has 1 aromatic heterocycles. The summed E-state index contributed by atoms with van der Waals surface area (Å²) in [5.74, 6) is -1.29. The van der Waals surface area contributed by atoms with Gasteiger partial charge in [-0.25, -0.2) is 9.97 Å². The Morgan fingerprint density at radius 1 is 1.20 bits per heavy atom. The van der Waals surface area contributed by atoms with Crippen LogP contribution >= 0.6 is 0 Å². The van der Waals surface area contributed by atoms with Gasteiger partial charge in [0.1, 0.15) is 5.69 Å². The minimum atomic E-state index is -1.29. The van der Waals surface area contributed by atoms with Gasteiger partial charge in [0.25, 0.3) is 0 Å². The number of benzene rings is 1. The molecule has 0 N–H and O–H groups in total. The van der Waals surface area contributed by atoms with Crippen LogP contribution in [0.2, 0.25) is 0 Å². The van der Waals surface area contributed by atoms with Crippen LogP contribution in [0.3, 0.4) is 0 Å². The summed E-state index contributed by atoms with van der Waals surface area (Å²) in [6.07, 6.45) is 0. The maximum absolute atomic E-state index is 10.7. The molecule has 2 aromatic rings. The SMILES string of the molecule is Cc1nc2ccccc2nc1C(=O)[O-].[Na+]. The summed E-state index contributed by atoms with van der Waals surface area (Å²) in [7, 11) is 0. The zero-order valence-electron chi connectivity index (χ0n) is 8.52. The van der Waals surface area contributed by atoms with Gasteiger partial charge in [0, 0.05) is 0 Å². The number of nitrogens with zero attached hydrogens (tertiary/aromatic N) is 2. The van der Waals surface area contributed by atoms with E-state index in [1.165, 1.54) is 0 Å². The fourth-order valence-corrected chi connectivity index (χ4v) is 1.28. The van der Waals surface area contributed by atoms with E-state index in [0.29, 0.717) is 16.7 Å². The molecule has 0 aliphatic heterocycles. The molecule has 1 aromatic carbocycles. The Morgan fingerprint density at radius 2 is 1.73 bits per heavy atom. The number of hydrogen-bond acceptors (Lipinski definition) is 4. The summed E-state index contributed by atoms with van der Waals surface area (Å²) in [4.78, 5) is 18.7. The average molecular weight is 210 g/mol. The molecule has 0 saturated heterocycles. The van der Waals surface area contributed by atoms with E-state index in [9.17, 15) is 9.90 Å². The second-order valence-electron chi connectivity index (χ2n) is 2.93. The number of aromatic nitrogens is 2. The van der Waals surface area contributed by atoms with Crippen molar-refractivity contribution in [2.75, 3.05) is 0 Å². The van der Waals surface area contributed by atoms with Gasteiger partial charge in [-0.3, -0.25) is 0 Å². The van der Waals surface area contributed by atoms with Crippen molar-refractivity contribution in [2.24, 2.45) is 0 Å².